The van der Waals surface area contributed by atoms with Crippen LogP contribution in [0.2, 0.25) is 0 Å². The predicted octanol–water partition coefficient (Wildman–Crippen LogP) is 5.04. The van der Waals surface area contributed by atoms with Crippen molar-refractivity contribution in [2.24, 2.45) is 11.3 Å². The summed E-state index contributed by atoms with van der Waals surface area (Å²) in [5, 5.41) is 8.32. The standard InChI is InChI=1S/C30H41N5O3/c1-7-22-14-23-10-9-13-31-27(23)19-34(16-22)17-25-15-24(12-11-21(25)3)28(30(4,5)29(36)37-6)38-20-26-18-35(8-2)33-32-26/h9-13,15,18,22,28H,7-8,14,16-17,19-20H2,1-6H3/t22-,28-/m0/s1. The maximum Gasteiger partial charge on any atom is 0.314 e. The third kappa shape index (κ3) is 6.30. The van der Waals surface area contributed by atoms with Crippen molar-refractivity contribution in [3.63, 3.8) is 0 Å². The summed E-state index contributed by atoms with van der Waals surface area (Å²) < 4.78 is 13.3. The molecule has 4 rings (SSSR count). The highest BCUT2D eigenvalue weighted by Crippen LogP contribution is 2.39. The smallest absolute Gasteiger partial charge is 0.314 e. The van der Waals surface area contributed by atoms with E-state index in [2.05, 4.69) is 53.3 Å². The lowest BCUT2D eigenvalue weighted by Crippen LogP contribution is -2.34. The van der Waals surface area contributed by atoms with E-state index in [0.717, 1.165) is 50.3 Å². The normalized spacial score (nSPS) is 17.1. The van der Waals surface area contributed by atoms with Gasteiger partial charge in [-0.15, -0.1) is 5.10 Å². The van der Waals surface area contributed by atoms with Crippen LogP contribution in [0.25, 0.3) is 0 Å². The fourth-order valence-corrected chi connectivity index (χ4v) is 5.30. The average Bonchev–Trinajstić information content (AvgIpc) is 3.30. The van der Waals surface area contributed by atoms with Crippen molar-refractivity contribution < 1.29 is 14.3 Å². The van der Waals surface area contributed by atoms with Crippen LogP contribution in [0.3, 0.4) is 0 Å². The number of benzene rings is 1. The van der Waals surface area contributed by atoms with Crippen LogP contribution in [0, 0.1) is 18.3 Å². The second kappa shape index (κ2) is 12.2. The zero-order valence-electron chi connectivity index (χ0n) is 23.6. The number of esters is 1. The Labute approximate surface area is 226 Å². The van der Waals surface area contributed by atoms with Gasteiger partial charge in [0.1, 0.15) is 5.69 Å². The highest BCUT2D eigenvalue weighted by Gasteiger charge is 2.40. The number of carbonyl (C=O) groups is 1. The summed E-state index contributed by atoms with van der Waals surface area (Å²) >= 11 is 0. The first-order valence-electron chi connectivity index (χ1n) is 13.6. The number of pyridine rings is 1. The van der Waals surface area contributed by atoms with E-state index >= 15 is 0 Å². The van der Waals surface area contributed by atoms with Gasteiger partial charge >= 0.3 is 5.97 Å². The molecule has 0 saturated carbocycles. The summed E-state index contributed by atoms with van der Waals surface area (Å²) in [6, 6.07) is 10.6. The highest BCUT2D eigenvalue weighted by molar-refractivity contribution is 5.77. The van der Waals surface area contributed by atoms with Gasteiger partial charge in [-0.05, 0) is 68.4 Å². The summed E-state index contributed by atoms with van der Waals surface area (Å²) in [7, 11) is 1.42. The van der Waals surface area contributed by atoms with Crippen molar-refractivity contribution in [2.75, 3.05) is 13.7 Å². The minimum atomic E-state index is -0.902. The number of methoxy groups -OCH3 is 1. The summed E-state index contributed by atoms with van der Waals surface area (Å²) in [4.78, 5) is 20.1. The van der Waals surface area contributed by atoms with Crippen molar-refractivity contribution in [2.45, 2.75) is 79.8 Å². The lowest BCUT2D eigenvalue weighted by atomic mass is 9.81. The molecule has 2 aromatic heterocycles. The van der Waals surface area contributed by atoms with Crippen molar-refractivity contribution in [1.29, 1.82) is 0 Å². The van der Waals surface area contributed by atoms with Crippen LogP contribution >= 0.6 is 0 Å². The van der Waals surface area contributed by atoms with Crippen LogP contribution in [0.4, 0.5) is 0 Å². The van der Waals surface area contributed by atoms with Gasteiger partial charge in [-0.1, -0.05) is 42.8 Å². The maximum atomic E-state index is 12.9. The number of rotatable bonds is 10. The monoisotopic (exact) mass is 519 g/mol. The quantitative estimate of drug-likeness (QED) is 0.347. The topological polar surface area (TPSA) is 82.4 Å². The molecule has 1 aliphatic rings. The van der Waals surface area contributed by atoms with Gasteiger partial charge in [0.05, 0.1) is 37.1 Å². The zero-order valence-corrected chi connectivity index (χ0v) is 23.6. The molecule has 8 heteroatoms. The van der Waals surface area contributed by atoms with Gasteiger partial charge in [-0.2, -0.15) is 0 Å². The van der Waals surface area contributed by atoms with Crippen LogP contribution in [0.15, 0.2) is 42.7 Å². The molecule has 0 unspecified atom stereocenters. The molecule has 0 bridgehead atoms. The van der Waals surface area contributed by atoms with Gasteiger partial charge in [-0.25, -0.2) is 0 Å². The molecular formula is C30H41N5O3. The SMILES string of the molecule is CC[C@H]1Cc2cccnc2CN(Cc2cc([C@H](OCc3cn(CC)nn3)C(C)(C)C(=O)OC)ccc2C)C1. The van der Waals surface area contributed by atoms with Gasteiger partial charge in [0, 0.05) is 32.4 Å². The molecule has 1 aliphatic heterocycles. The first kappa shape index (κ1) is 27.9. The van der Waals surface area contributed by atoms with Crippen LogP contribution in [-0.2, 0) is 46.9 Å². The molecule has 3 aromatic rings. The molecule has 3 heterocycles. The van der Waals surface area contributed by atoms with Crippen molar-refractivity contribution in [3.8, 4) is 0 Å². The average molecular weight is 520 g/mol. The second-order valence-corrected chi connectivity index (χ2v) is 10.9. The Morgan fingerprint density at radius 3 is 2.76 bits per heavy atom. The van der Waals surface area contributed by atoms with Gasteiger partial charge < -0.3 is 9.47 Å². The third-order valence-electron chi connectivity index (χ3n) is 7.71. The van der Waals surface area contributed by atoms with Gasteiger partial charge in [0.2, 0.25) is 0 Å². The van der Waals surface area contributed by atoms with Crippen LogP contribution < -0.4 is 0 Å². The maximum absolute atomic E-state index is 12.9. The number of ether oxygens (including phenoxy) is 2. The van der Waals surface area contributed by atoms with Gasteiger partial charge in [-0.3, -0.25) is 19.4 Å². The molecule has 0 N–H and O–H groups in total. The molecule has 2 atom stereocenters. The van der Waals surface area contributed by atoms with E-state index in [4.69, 9.17) is 14.5 Å². The minimum absolute atomic E-state index is 0.251. The predicted molar refractivity (Wildman–Crippen MR) is 146 cm³/mol. The number of carbonyl (C=O) groups excluding carboxylic acids is 1. The van der Waals surface area contributed by atoms with Crippen molar-refractivity contribution >= 4 is 5.97 Å². The molecule has 204 valence electrons. The Morgan fingerprint density at radius 1 is 1.24 bits per heavy atom. The van der Waals surface area contributed by atoms with Crippen molar-refractivity contribution in [3.05, 3.63) is 76.4 Å². The van der Waals surface area contributed by atoms with Crippen LogP contribution in [0.5, 0.6) is 0 Å². The number of fused-ring (bicyclic) bond motifs is 1. The summed E-state index contributed by atoms with van der Waals surface area (Å²) in [5.74, 6) is 0.276. The number of aryl methyl sites for hydroxylation is 2. The van der Waals surface area contributed by atoms with E-state index in [1.807, 2.05) is 39.2 Å². The Balaban J connectivity index is 1.62. The molecule has 0 aliphatic carbocycles. The number of aromatic nitrogens is 4. The summed E-state index contributed by atoms with van der Waals surface area (Å²) in [5.41, 5.74) is 5.75. The van der Waals surface area contributed by atoms with E-state index < -0.39 is 11.5 Å². The van der Waals surface area contributed by atoms with Crippen LogP contribution in [0.1, 0.15) is 73.9 Å². The lowest BCUT2D eigenvalue weighted by molar-refractivity contribution is -0.162. The molecule has 0 saturated heterocycles. The Kier molecular flexibility index (Phi) is 8.95. The van der Waals surface area contributed by atoms with Crippen LogP contribution in [-0.4, -0.2) is 44.5 Å². The summed E-state index contributed by atoms with van der Waals surface area (Å²) in [6.45, 7) is 13.8. The molecule has 0 fully saturated rings. The minimum Gasteiger partial charge on any atom is -0.469 e. The highest BCUT2D eigenvalue weighted by atomic mass is 16.5. The third-order valence-corrected chi connectivity index (χ3v) is 7.71. The fourth-order valence-electron chi connectivity index (χ4n) is 5.30. The first-order chi connectivity index (χ1) is 18.2. The number of hydrogen-bond acceptors (Lipinski definition) is 7. The van der Waals surface area contributed by atoms with E-state index in [1.165, 1.54) is 29.5 Å². The Morgan fingerprint density at radius 2 is 2.05 bits per heavy atom. The van der Waals surface area contributed by atoms with Gasteiger partial charge in [0.25, 0.3) is 0 Å². The number of nitrogens with zero attached hydrogens (tertiary/aromatic N) is 5. The molecule has 0 amide bonds. The first-order valence-corrected chi connectivity index (χ1v) is 13.6. The second-order valence-electron chi connectivity index (χ2n) is 10.9. The Hall–Kier alpha value is -3.10. The molecule has 0 radical (unpaired) electrons. The molecule has 0 spiro atoms. The van der Waals surface area contributed by atoms with Crippen molar-refractivity contribution in [1.82, 2.24) is 24.9 Å². The largest absolute Gasteiger partial charge is 0.469 e. The van der Waals surface area contributed by atoms with Gasteiger partial charge in [0.15, 0.2) is 0 Å². The fraction of sp³-hybridized carbons (Fsp3) is 0.533. The van der Waals surface area contributed by atoms with E-state index in [-0.39, 0.29) is 12.6 Å². The van der Waals surface area contributed by atoms with E-state index in [9.17, 15) is 4.79 Å². The molecular weight excluding hydrogens is 478 g/mol. The zero-order chi connectivity index (χ0) is 27.3. The molecule has 38 heavy (non-hydrogen) atoms. The summed E-state index contributed by atoms with van der Waals surface area (Å²) in [6.07, 6.45) is 5.45. The Bertz CT molecular complexity index is 1240. The lowest BCUT2D eigenvalue weighted by Gasteiger charge is -2.32. The number of hydrogen-bond donors (Lipinski definition) is 0. The molecule has 8 nitrogen and oxygen atoms in total. The van der Waals surface area contributed by atoms with E-state index in [1.54, 1.807) is 4.68 Å². The molecule has 1 aromatic carbocycles. The van der Waals surface area contributed by atoms with E-state index in [0.29, 0.717) is 5.92 Å².